The second kappa shape index (κ2) is 9.83. The third kappa shape index (κ3) is 4.99. The first-order valence-electron chi connectivity index (χ1n) is 7.87. The van der Waals surface area contributed by atoms with E-state index in [1.54, 1.807) is 0 Å². The third-order valence-corrected chi connectivity index (χ3v) is 4.50. The fraction of sp³-hybridized carbons (Fsp3) is 0. The molecule has 0 radical (unpaired) electrons. The number of hydrogen-bond donors (Lipinski definition) is 0. The van der Waals surface area contributed by atoms with Crippen molar-refractivity contribution >= 4 is 22.9 Å². The van der Waals surface area contributed by atoms with E-state index in [0.717, 1.165) is 21.6 Å². The van der Waals surface area contributed by atoms with Crippen LogP contribution in [0.1, 0.15) is 10.4 Å². The number of rotatable bonds is 2. The van der Waals surface area contributed by atoms with Gasteiger partial charge in [-0.15, -0.1) is 11.3 Å². The van der Waals surface area contributed by atoms with Gasteiger partial charge in [-0.05, 0) is 28.2 Å². The minimum absolute atomic E-state index is 0. The van der Waals surface area contributed by atoms with Crippen LogP contribution in [0.3, 0.4) is 0 Å². The predicted octanol–water partition coefficient (Wildman–Crippen LogP) is 3.83. The minimum atomic E-state index is 0. The summed E-state index contributed by atoms with van der Waals surface area (Å²) < 4.78 is 0. The summed E-state index contributed by atoms with van der Waals surface area (Å²) >= 11 is 1.48. The summed E-state index contributed by atoms with van der Waals surface area (Å²) in [6.07, 6.45) is 14.8. The van der Waals surface area contributed by atoms with Gasteiger partial charge < -0.3 is 10.2 Å². The number of benzene rings is 1. The Kier molecular flexibility index (Phi) is 7.49. The topological polar surface area (TPSA) is 46.1 Å². The molecule has 2 aliphatic carbocycles. The summed E-state index contributed by atoms with van der Waals surface area (Å²) in [4.78, 5) is 0.807. The van der Waals surface area contributed by atoms with Crippen LogP contribution in [0.5, 0.6) is 0 Å². The smallest absolute Gasteiger partial charge is 0.872 e. The summed E-state index contributed by atoms with van der Waals surface area (Å²) in [6, 6.07) is 13.0. The van der Waals surface area contributed by atoms with Crippen molar-refractivity contribution in [2.45, 2.75) is 0 Å². The predicted molar refractivity (Wildman–Crippen MR) is 101 cm³/mol. The number of hydrogen-bond acceptors (Lipinski definition) is 3. The Labute approximate surface area is 168 Å². The van der Waals surface area contributed by atoms with E-state index in [1.807, 2.05) is 96.5 Å². The Hall–Kier alpha value is -2.52. The van der Waals surface area contributed by atoms with E-state index in [4.69, 9.17) is 0 Å². The van der Waals surface area contributed by atoms with Gasteiger partial charge in [-0.3, -0.25) is 0 Å². The molecule has 0 atom stereocenters. The molecule has 1 aromatic heterocycles. The van der Waals surface area contributed by atoms with Crippen LogP contribution in [0.15, 0.2) is 108 Å². The van der Waals surface area contributed by atoms with Crippen LogP contribution in [-0.4, -0.2) is 0 Å². The van der Waals surface area contributed by atoms with Crippen LogP contribution in [0.4, 0.5) is 0 Å². The van der Waals surface area contributed by atoms with Crippen LogP contribution in [0.2, 0.25) is 0 Å². The Morgan fingerprint density at radius 2 is 1.19 bits per heavy atom. The average molecular weight is 400 g/mol. The Bertz CT molecular complexity index is 871. The molecule has 1 aromatic carbocycles. The Balaban J connectivity index is 0.000000180. The molecule has 2 aliphatic rings. The van der Waals surface area contributed by atoms with Gasteiger partial charge in [0.1, 0.15) is 0 Å². The van der Waals surface area contributed by atoms with E-state index in [-0.39, 0.29) is 28.6 Å². The van der Waals surface area contributed by atoms with Crippen molar-refractivity contribution in [1.29, 1.82) is 0 Å². The van der Waals surface area contributed by atoms with E-state index in [0.29, 0.717) is 0 Å². The monoisotopic (exact) mass is 400 g/mol. The van der Waals surface area contributed by atoms with Crippen molar-refractivity contribution in [3.63, 3.8) is 0 Å². The molecular weight excluding hydrogens is 384 g/mol. The van der Waals surface area contributed by atoms with Crippen LogP contribution >= 0.6 is 11.3 Å². The van der Waals surface area contributed by atoms with Gasteiger partial charge in [0.2, 0.25) is 0 Å². The van der Waals surface area contributed by atoms with Crippen molar-refractivity contribution in [2.24, 2.45) is 0 Å². The molecule has 0 N–H and O–H groups in total. The van der Waals surface area contributed by atoms with Crippen LogP contribution < -0.4 is 10.2 Å². The summed E-state index contributed by atoms with van der Waals surface area (Å²) in [5, 5.41) is 25.2. The largest absolute Gasteiger partial charge is 2.00 e. The molecule has 0 unspecified atom stereocenters. The first-order chi connectivity index (χ1) is 12.3. The molecule has 2 aromatic rings. The second-order valence-corrected chi connectivity index (χ2v) is 6.30. The molecule has 4 rings (SSSR count). The molecule has 0 saturated heterocycles. The number of thiophene rings is 1. The molecule has 0 bridgehead atoms. The summed E-state index contributed by atoms with van der Waals surface area (Å²) in [7, 11) is 0. The van der Waals surface area contributed by atoms with Gasteiger partial charge in [0, 0.05) is 4.88 Å². The SMILES string of the molecule is [Fe+2].[O-]C(=C1C=CC=C1)c1ccccc1.[O-]C(=C1C=CC=C1)c1cccs1. The second-order valence-electron chi connectivity index (χ2n) is 5.35. The normalized spacial score (nSPS) is 13.4. The molecule has 0 fully saturated rings. The summed E-state index contributed by atoms with van der Waals surface area (Å²) in [6.45, 7) is 0. The van der Waals surface area contributed by atoms with Crippen LogP contribution in [0, 0.1) is 0 Å². The molecule has 4 heteroatoms. The van der Waals surface area contributed by atoms with E-state index >= 15 is 0 Å². The van der Waals surface area contributed by atoms with Crippen molar-refractivity contribution in [1.82, 2.24) is 0 Å². The molecule has 0 amide bonds. The first-order valence-corrected chi connectivity index (χ1v) is 8.75. The third-order valence-electron chi connectivity index (χ3n) is 3.63. The molecular formula is C22H16FeO2S. The molecule has 130 valence electrons. The molecule has 0 spiro atoms. The fourth-order valence-electron chi connectivity index (χ4n) is 2.36. The maximum Gasteiger partial charge on any atom is 2.00 e. The van der Waals surface area contributed by atoms with Gasteiger partial charge in [-0.25, -0.2) is 0 Å². The van der Waals surface area contributed by atoms with Crippen molar-refractivity contribution < 1.29 is 27.3 Å². The Morgan fingerprint density at radius 1 is 0.654 bits per heavy atom. The average Bonchev–Trinajstić information content (AvgIpc) is 3.45. The van der Waals surface area contributed by atoms with E-state index < -0.39 is 0 Å². The Morgan fingerprint density at radius 3 is 1.69 bits per heavy atom. The van der Waals surface area contributed by atoms with Gasteiger partial charge in [0.15, 0.2) is 0 Å². The standard InChI is InChI=1S/C12H10O.C10H8OS.Fe/c13-12(11-8-4-5-9-11)10-6-2-1-3-7-10;11-10(8-4-1-2-5-8)9-6-3-7-12-9;/h1-9,13H;1-7,11H;/q;;+2/p-2. The zero-order valence-corrected chi connectivity index (χ0v) is 15.7. The van der Waals surface area contributed by atoms with E-state index in [1.165, 1.54) is 11.3 Å². The van der Waals surface area contributed by atoms with Gasteiger partial charge in [-0.1, -0.05) is 96.5 Å². The zero-order chi connectivity index (χ0) is 17.5. The van der Waals surface area contributed by atoms with Crippen molar-refractivity contribution in [3.8, 4) is 0 Å². The molecule has 0 saturated carbocycles. The summed E-state index contributed by atoms with van der Waals surface area (Å²) in [5.41, 5.74) is 2.28. The molecule has 1 heterocycles. The first kappa shape index (κ1) is 19.8. The van der Waals surface area contributed by atoms with Crippen LogP contribution in [0.25, 0.3) is 11.5 Å². The van der Waals surface area contributed by atoms with Gasteiger partial charge in [-0.2, -0.15) is 0 Å². The van der Waals surface area contributed by atoms with Crippen molar-refractivity contribution in [3.05, 3.63) is 118 Å². The quantitative estimate of drug-likeness (QED) is 0.568. The maximum absolute atomic E-state index is 11.7. The molecule has 0 aliphatic heterocycles. The van der Waals surface area contributed by atoms with Gasteiger partial charge in [0.05, 0.1) is 0 Å². The van der Waals surface area contributed by atoms with Crippen LogP contribution in [-0.2, 0) is 17.1 Å². The van der Waals surface area contributed by atoms with E-state index in [9.17, 15) is 10.2 Å². The number of allylic oxidation sites excluding steroid dienone is 10. The fourth-order valence-corrected chi connectivity index (χ4v) is 3.04. The molecule has 2 nitrogen and oxygen atoms in total. The zero-order valence-electron chi connectivity index (χ0n) is 13.8. The molecule has 26 heavy (non-hydrogen) atoms. The summed E-state index contributed by atoms with van der Waals surface area (Å²) in [5.74, 6) is 0.209. The maximum atomic E-state index is 11.7. The van der Waals surface area contributed by atoms with Crippen molar-refractivity contribution in [2.75, 3.05) is 0 Å². The minimum Gasteiger partial charge on any atom is -0.872 e. The van der Waals surface area contributed by atoms with Gasteiger partial charge in [0.25, 0.3) is 0 Å². The van der Waals surface area contributed by atoms with E-state index in [2.05, 4.69) is 0 Å². The van der Waals surface area contributed by atoms with Gasteiger partial charge >= 0.3 is 17.1 Å².